The first kappa shape index (κ1) is 21.7. The van der Waals surface area contributed by atoms with Crippen molar-refractivity contribution in [3.63, 3.8) is 0 Å². The van der Waals surface area contributed by atoms with Gasteiger partial charge in [0.25, 0.3) is 5.91 Å². The van der Waals surface area contributed by atoms with Gasteiger partial charge in [0, 0.05) is 36.6 Å². The minimum absolute atomic E-state index is 0.0109. The van der Waals surface area contributed by atoms with Gasteiger partial charge in [-0.3, -0.25) is 9.69 Å². The van der Waals surface area contributed by atoms with E-state index in [4.69, 9.17) is 21.2 Å². The number of halogens is 2. The van der Waals surface area contributed by atoms with E-state index < -0.39 is 11.9 Å². The number of carbonyl (C=O) groups excluding carboxylic acids is 1. The van der Waals surface area contributed by atoms with Gasteiger partial charge in [-0.15, -0.1) is 0 Å². The van der Waals surface area contributed by atoms with Crippen LogP contribution < -0.4 is 5.32 Å². The molecule has 0 saturated carbocycles. The predicted octanol–water partition coefficient (Wildman–Crippen LogP) is 3.87. The first-order valence-corrected chi connectivity index (χ1v) is 10.8. The van der Waals surface area contributed by atoms with E-state index in [9.17, 15) is 9.18 Å². The summed E-state index contributed by atoms with van der Waals surface area (Å²) >= 11 is 6.35. The van der Waals surface area contributed by atoms with E-state index in [-0.39, 0.29) is 24.7 Å². The van der Waals surface area contributed by atoms with Crippen molar-refractivity contribution in [3.8, 4) is 0 Å². The van der Waals surface area contributed by atoms with Gasteiger partial charge in [0.1, 0.15) is 11.5 Å². The number of carbonyl (C=O) groups is 1. The Hall–Kier alpha value is -2.48. The zero-order valence-electron chi connectivity index (χ0n) is 17.3. The summed E-state index contributed by atoms with van der Waals surface area (Å²) in [6.45, 7) is 3.94. The van der Waals surface area contributed by atoms with Crippen molar-refractivity contribution in [2.45, 2.75) is 31.6 Å². The molecule has 0 aliphatic carbocycles. The summed E-state index contributed by atoms with van der Waals surface area (Å²) in [5.41, 5.74) is 1.67. The minimum Gasteiger partial charge on any atom is -0.387 e. The molecule has 0 unspecified atom stereocenters. The number of amides is 1. The van der Waals surface area contributed by atoms with Crippen LogP contribution in [0.5, 0.6) is 0 Å². The van der Waals surface area contributed by atoms with Crippen molar-refractivity contribution >= 4 is 23.2 Å². The Morgan fingerprint density at radius 3 is 2.84 bits per heavy atom. The molecular weight excluding hydrogens is 421 g/mol. The van der Waals surface area contributed by atoms with Crippen molar-refractivity contribution < 1.29 is 18.8 Å². The summed E-state index contributed by atoms with van der Waals surface area (Å²) in [7, 11) is 0. The first-order valence-electron chi connectivity index (χ1n) is 10.4. The lowest BCUT2D eigenvalue weighted by Crippen LogP contribution is -2.47. The molecular formula is C23H25ClFN3O3. The van der Waals surface area contributed by atoms with Gasteiger partial charge in [-0.2, -0.15) is 0 Å². The highest BCUT2D eigenvalue weighted by Gasteiger charge is 2.31. The predicted molar refractivity (Wildman–Crippen MR) is 116 cm³/mol. The quantitative estimate of drug-likeness (QED) is 0.733. The molecule has 2 aromatic rings. The molecule has 2 heterocycles. The third kappa shape index (κ3) is 5.06. The van der Waals surface area contributed by atoms with E-state index in [2.05, 4.69) is 15.4 Å². The number of benzene rings is 2. The maximum Gasteiger partial charge on any atom is 0.269 e. The fourth-order valence-corrected chi connectivity index (χ4v) is 4.31. The second-order valence-electron chi connectivity index (χ2n) is 7.78. The van der Waals surface area contributed by atoms with Crippen molar-refractivity contribution in [1.82, 2.24) is 10.2 Å². The van der Waals surface area contributed by atoms with Gasteiger partial charge in [-0.25, -0.2) is 4.39 Å². The second kappa shape index (κ2) is 9.77. The maximum absolute atomic E-state index is 14.7. The molecule has 1 fully saturated rings. The molecule has 1 amide bonds. The van der Waals surface area contributed by atoms with Crippen LogP contribution in [0.1, 0.15) is 36.6 Å². The van der Waals surface area contributed by atoms with Crippen molar-refractivity contribution in [2.75, 3.05) is 26.2 Å². The highest BCUT2D eigenvalue weighted by Crippen LogP contribution is 2.31. The van der Waals surface area contributed by atoms with Gasteiger partial charge in [0.05, 0.1) is 18.8 Å². The van der Waals surface area contributed by atoms with Crippen molar-refractivity contribution in [3.05, 3.63) is 70.5 Å². The molecule has 0 spiro atoms. The molecule has 1 N–H and O–H groups in total. The van der Waals surface area contributed by atoms with E-state index in [1.165, 1.54) is 6.07 Å². The molecule has 2 aliphatic rings. The Balaban J connectivity index is 1.46. The van der Waals surface area contributed by atoms with E-state index in [1.807, 2.05) is 37.3 Å². The Labute approximate surface area is 186 Å². The lowest BCUT2D eigenvalue weighted by Gasteiger charge is -2.38. The highest BCUT2D eigenvalue weighted by atomic mass is 35.5. The highest BCUT2D eigenvalue weighted by molar-refractivity contribution is 6.39. The number of hydrogen-bond donors (Lipinski definition) is 1. The largest absolute Gasteiger partial charge is 0.387 e. The lowest BCUT2D eigenvalue weighted by atomic mass is 10.0. The molecule has 2 aliphatic heterocycles. The third-order valence-corrected chi connectivity index (χ3v) is 5.93. The molecule has 3 atom stereocenters. The maximum atomic E-state index is 14.7. The number of rotatable bonds is 6. The number of oxime groups is 1. The Bertz CT molecular complexity index is 936. The van der Waals surface area contributed by atoms with Gasteiger partial charge in [-0.05, 0) is 24.6 Å². The average Bonchev–Trinajstić information content (AvgIpc) is 3.27. The topological polar surface area (TPSA) is 63.2 Å². The van der Waals surface area contributed by atoms with Crippen LogP contribution in [0.3, 0.4) is 0 Å². The van der Waals surface area contributed by atoms with Gasteiger partial charge >= 0.3 is 0 Å². The molecule has 164 valence electrons. The fraction of sp³-hybridized carbons (Fsp3) is 0.391. The number of nitrogens with one attached hydrogen (secondary N) is 1. The monoisotopic (exact) mass is 445 g/mol. The van der Waals surface area contributed by atoms with Crippen LogP contribution in [0.4, 0.5) is 4.39 Å². The Kier molecular flexibility index (Phi) is 6.85. The van der Waals surface area contributed by atoms with E-state index in [0.717, 1.165) is 5.56 Å². The lowest BCUT2D eigenvalue weighted by molar-refractivity contribution is -0.115. The number of ether oxygens (including phenoxy) is 1. The third-order valence-electron chi connectivity index (χ3n) is 5.60. The van der Waals surface area contributed by atoms with Crippen LogP contribution in [0, 0.1) is 5.82 Å². The summed E-state index contributed by atoms with van der Waals surface area (Å²) in [6, 6.07) is 13.9. The molecule has 0 bridgehead atoms. The zero-order valence-corrected chi connectivity index (χ0v) is 18.0. The molecule has 31 heavy (non-hydrogen) atoms. The Morgan fingerprint density at radius 2 is 2.10 bits per heavy atom. The Morgan fingerprint density at radius 1 is 1.29 bits per heavy atom. The normalized spacial score (nSPS) is 22.5. The van der Waals surface area contributed by atoms with Crippen LogP contribution in [-0.2, 0) is 14.4 Å². The second-order valence-corrected chi connectivity index (χ2v) is 8.19. The molecule has 1 saturated heterocycles. The van der Waals surface area contributed by atoms with Crippen LogP contribution in [0.15, 0.2) is 53.7 Å². The molecule has 8 heteroatoms. The molecule has 4 rings (SSSR count). The van der Waals surface area contributed by atoms with E-state index in [1.54, 1.807) is 12.1 Å². The number of morpholine rings is 1. The van der Waals surface area contributed by atoms with Crippen LogP contribution in [0.2, 0.25) is 5.02 Å². The van der Waals surface area contributed by atoms with Gasteiger partial charge < -0.3 is 14.9 Å². The molecule has 2 aromatic carbocycles. The summed E-state index contributed by atoms with van der Waals surface area (Å²) in [5.74, 6) is -0.714. The summed E-state index contributed by atoms with van der Waals surface area (Å²) in [6.07, 6.45) is 0.117. The fourth-order valence-electron chi connectivity index (χ4n) is 4.02. The smallest absolute Gasteiger partial charge is 0.269 e. The van der Waals surface area contributed by atoms with Crippen LogP contribution >= 0.6 is 11.6 Å². The summed E-state index contributed by atoms with van der Waals surface area (Å²) in [5, 5.41) is 7.22. The molecule has 6 nitrogen and oxygen atoms in total. The zero-order chi connectivity index (χ0) is 21.8. The molecule has 0 aromatic heterocycles. The molecule has 0 radical (unpaired) electrons. The van der Waals surface area contributed by atoms with E-state index in [0.29, 0.717) is 42.4 Å². The van der Waals surface area contributed by atoms with E-state index >= 15 is 0 Å². The minimum atomic E-state index is -0.420. The van der Waals surface area contributed by atoms with Gasteiger partial charge in [0.2, 0.25) is 0 Å². The average molecular weight is 446 g/mol. The van der Waals surface area contributed by atoms with Crippen molar-refractivity contribution in [1.29, 1.82) is 0 Å². The van der Waals surface area contributed by atoms with Gasteiger partial charge in [0.15, 0.2) is 6.10 Å². The summed E-state index contributed by atoms with van der Waals surface area (Å²) < 4.78 is 20.3. The number of nitrogens with zero attached hydrogens (tertiary/aromatic N) is 2. The van der Waals surface area contributed by atoms with Gasteiger partial charge in [-0.1, -0.05) is 53.2 Å². The van der Waals surface area contributed by atoms with Crippen molar-refractivity contribution in [2.24, 2.45) is 5.16 Å². The number of hydrogen-bond acceptors (Lipinski definition) is 5. The first-order chi connectivity index (χ1) is 15.0. The SMILES string of the molecule is C[C@@H]1CN([C@H](CNC(=O)C2=NO[C@H](c3ccccc3)C2)c2c(F)cccc2Cl)CCO1. The standard InChI is InChI=1S/C23H25ClFN3O3/c1-15-14-28(10-11-30-15)20(22-17(24)8-5-9-18(22)25)13-26-23(29)19-12-21(31-27-19)16-6-3-2-4-7-16/h2-9,15,20-21H,10-14H2,1H3,(H,26,29)/t15-,20-,21+/m1/s1. The van der Waals surface area contributed by atoms with Crippen LogP contribution in [-0.4, -0.2) is 48.9 Å². The van der Waals surface area contributed by atoms with Crippen LogP contribution in [0.25, 0.3) is 0 Å². The summed E-state index contributed by atoms with van der Waals surface area (Å²) in [4.78, 5) is 20.3.